The number of carboxylic acids is 1. The van der Waals surface area contributed by atoms with Gasteiger partial charge in [-0.15, -0.1) is 0 Å². The van der Waals surface area contributed by atoms with Gasteiger partial charge in [-0.05, 0) is 24.6 Å². The molecule has 23 heavy (non-hydrogen) atoms. The number of anilines is 1. The number of nitrogens with two attached hydrogens (primary N) is 1. The topological polar surface area (TPSA) is 106 Å². The van der Waals surface area contributed by atoms with Crippen LogP contribution in [0.15, 0.2) is 12.1 Å². The first-order valence-electron chi connectivity index (χ1n) is 7.22. The number of carbonyl (C=O) groups excluding carboxylic acids is 1. The molecule has 0 bridgehead atoms. The van der Waals surface area contributed by atoms with Crippen LogP contribution in [0.1, 0.15) is 15.9 Å². The summed E-state index contributed by atoms with van der Waals surface area (Å²) in [5.74, 6) is -1.85. The van der Waals surface area contributed by atoms with E-state index in [2.05, 4.69) is 4.98 Å². The lowest BCUT2D eigenvalue weighted by molar-refractivity contribution is -0.143. The first-order chi connectivity index (χ1) is 11.0. The van der Waals surface area contributed by atoms with Gasteiger partial charge in [0.1, 0.15) is 0 Å². The van der Waals surface area contributed by atoms with Gasteiger partial charge < -0.3 is 20.5 Å². The maximum atomic E-state index is 12.8. The quantitative estimate of drug-likeness (QED) is 0.858. The van der Waals surface area contributed by atoms with Crippen molar-refractivity contribution < 1.29 is 19.4 Å². The second-order valence-corrected chi connectivity index (χ2v) is 6.62. The Labute approximate surface area is 136 Å². The molecule has 1 aliphatic rings. The minimum atomic E-state index is -0.952. The third-order valence-electron chi connectivity index (χ3n) is 3.85. The second kappa shape index (κ2) is 6.13. The van der Waals surface area contributed by atoms with Crippen LogP contribution < -0.4 is 5.73 Å². The van der Waals surface area contributed by atoms with Gasteiger partial charge in [0.2, 0.25) is 0 Å². The Morgan fingerprint density at radius 3 is 3.00 bits per heavy atom. The van der Waals surface area contributed by atoms with Crippen LogP contribution in [0.2, 0.25) is 0 Å². The number of thiazole rings is 1. The number of nitrogen functional groups attached to an aromatic ring is 1. The summed E-state index contributed by atoms with van der Waals surface area (Å²) >= 11 is 1.33. The van der Waals surface area contributed by atoms with Crippen molar-refractivity contribution in [2.45, 2.75) is 6.92 Å². The minimum Gasteiger partial charge on any atom is -0.481 e. The van der Waals surface area contributed by atoms with Crippen LogP contribution in [0.5, 0.6) is 0 Å². The smallest absolute Gasteiger partial charge is 0.310 e. The zero-order valence-corrected chi connectivity index (χ0v) is 13.4. The first kappa shape index (κ1) is 15.7. The number of hydrogen-bond acceptors (Lipinski definition) is 6. The Morgan fingerprint density at radius 1 is 1.48 bits per heavy atom. The van der Waals surface area contributed by atoms with E-state index < -0.39 is 11.9 Å². The van der Waals surface area contributed by atoms with E-state index in [4.69, 9.17) is 10.5 Å². The van der Waals surface area contributed by atoms with Crippen molar-refractivity contribution in [2.75, 3.05) is 32.0 Å². The van der Waals surface area contributed by atoms with Crippen LogP contribution in [-0.4, -0.2) is 53.2 Å². The monoisotopic (exact) mass is 335 g/mol. The SMILES string of the molecule is Cc1cc(C(=O)N2CCOCC(C(=O)O)C2)cc2sc(N)nc12. The Morgan fingerprint density at radius 2 is 2.26 bits per heavy atom. The highest BCUT2D eigenvalue weighted by atomic mass is 32.1. The number of fused-ring (bicyclic) bond motifs is 1. The third-order valence-corrected chi connectivity index (χ3v) is 4.68. The molecule has 0 spiro atoms. The third kappa shape index (κ3) is 3.13. The van der Waals surface area contributed by atoms with E-state index in [1.54, 1.807) is 12.1 Å². The molecule has 0 saturated carbocycles. The van der Waals surface area contributed by atoms with E-state index in [0.717, 1.165) is 15.8 Å². The lowest BCUT2D eigenvalue weighted by Crippen LogP contribution is -2.38. The Balaban J connectivity index is 1.91. The van der Waals surface area contributed by atoms with Gasteiger partial charge in [-0.25, -0.2) is 4.98 Å². The number of nitrogens with zero attached hydrogens (tertiary/aromatic N) is 2. The van der Waals surface area contributed by atoms with Crippen molar-refractivity contribution in [3.05, 3.63) is 23.3 Å². The zero-order valence-electron chi connectivity index (χ0n) is 12.6. The molecule has 1 unspecified atom stereocenters. The molecule has 1 aromatic heterocycles. The minimum absolute atomic E-state index is 0.128. The van der Waals surface area contributed by atoms with Crippen molar-refractivity contribution in [1.82, 2.24) is 9.88 Å². The maximum Gasteiger partial charge on any atom is 0.310 e. The fourth-order valence-corrected chi connectivity index (χ4v) is 3.52. The average molecular weight is 335 g/mol. The summed E-state index contributed by atoms with van der Waals surface area (Å²) in [7, 11) is 0. The summed E-state index contributed by atoms with van der Waals surface area (Å²) in [5.41, 5.74) is 7.92. The van der Waals surface area contributed by atoms with Gasteiger partial charge in [-0.1, -0.05) is 11.3 Å². The number of aryl methyl sites for hydroxylation is 1. The molecule has 3 rings (SSSR count). The van der Waals surface area contributed by atoms with E-state index >= 15 is 0 Å². The molecule has 7 nitrogen and oxygen atoms in total. The summed E-state index contributed by atoms with van der Waals surface area (Å²) in [6.45, 7) is 2.87. The summed E-state index contributed by atoms with van der Waals surface area (Å²) < 4.78 is 6.14. The molecular weight excluding hydrogens is 318 g/mol. The van der Waals surface area contributed by atoms with E-state index in [-0.39, 0.29) is 19.1 Å². The van der Waals surface area contributed by atoms with Crippen LogP contribution in [0.3, 0.4) is 0 Å². The summed E-state index contributed by atoms with van der Waals surface area (Å²) in [5, 5.41) is 9.64. The number of hydrogen-bond donors (Lipinski definition) is 2. The number of rotatable bonds is 2. The molecule has 1 atom stereocenters. The predicted molar refractivity (Wildman–Crippen MR) is 86.6 cm³/mol. The number of carbonyl (C=O) groups is 2. The van der Waals surface area contributed by atoms with E-state index in [0.29, 0.717) is 23.8 Å². The molecule has 1 aliphatic heterocycles. The van der Waals surface area contributed by atoms with Gasteiger partial charge in [0.15, 0.2) is 5.13 Å². The van der Waals surface area contributed by atoms with Crippen molar-refractivity contribution in [3.8, 4) is 0 Å². The van der Waals surface area contributed by atoms with Crippen LogP contribution in [0, 0.1) is 12.8 Å². The predicted octanol–water partition coefficient (Wildman–Crippen LogP) is 1.36. The van der Waals surface area contributed by atoms with Gasteiger partial charge in [-0.2, -0.15) is 0 Å². The maximum absolute atomic E-state index is 12.8. The number of carboxylic acid groups (broad SMARTS) is 1. The van der Waals surface area contributed by atoms with Crippen LogP contribution >= 0.6 is 11.3 Å². The fraction of sp³-hybridized carbons (Fsp3) is 0.400. The molecule has 122 valence electrons. The molecular formula is C15H17N3O4S. The summed E-state index contributed by atoms with van der Waals surface area (Å²) in [4.78, 5) is 29.7. The molecule has 1 saturated heterocycles. The van der Waals surface area contributed by atoms with Gasteiger partial charge in [0.25, 0.3) is 5.91 Å². The highest BCUT2D eigenvalue weighted by Gasteiger charge is 2.28. The fourth-order valence-electron chi connectivity index (χ4n) is 2.66. The van der Waals surface area contributed by atoms with Crippen LogP contribution in [-0.2, 0) is 9.53 Å². The number of benzene rings is 1. The standard InChI is InChI=1S/C15H17N3O4S/c1-8-4-9(5-11-12(8)17-15(16)23-11)13(19)18-2-3-22-7-10(6-18)14(20)21/h4-5,10H,2-3,6-7H2,1H3,(H2,16,17)(H,20,21). The van der Waals surface area contributed by atoms with Gasteiger partial charge >= 0.3 is 5.97 Å². The molecule has 2 heterocycles. The van der Waals surface area contributed by atoms with Crippen molar-refractivity contribution in [1.29, 1.82) is 0 Å². The largest absolute Gasteiger partial charge is 0.481 e. The van der Waals surface area contributed by atoms with E-state index in [1.165, 1.54) is 16.2 Å². The Kier molecular flexibility index (Phi) is 4.18. The van der Waals surface area contributed by atoms with Crippen molar-refractivity contribution >= 4 is 38.6 Å². The van der Waals surface area contributed by atoms with Gasteiger partial charge in [-0.3, -0.25) is 9.59 Å². The molecule has 1 aromatic carbocycles. The molecule has 2 aromatic rings. The highest BCUT2D eigenvalue weighted by Crippen LogP contribution is 2.28. The molecule has 0 aliphatic carbocycles. The molecule has 1 amide bonds. The van der Waals surface area contributed by atoms with Crippen molar-refractivity contribution in [3.63, 3.8) is 0 Å². The number of ether oxygens (including phenoxy) is 1. The zero-order chi connectivity index (χ0) is 16.6. The molecule has 1 fully saturated rings. The molecule has 3 N–H and O–H groups in total. The van der Waals surface area contributed by atoms with Crippen LogP contribution in [0.25, 0.3) is 10.2 Å². The number of aromatic nitrogens is 1. The average Bonchev–Trinajstić information content (AvgIpc) is 2.72. The van der Waals surface area contributed by atoms with E-state index in [9.17, 15) is 14.7 Å². The van der Waals surface area contributed by atoms with E-state index in [1.807, 2.05) is 6.92 Å². The highest BCUT2D eigenvalue weighted by molar-refractivity contribution is 7.22. The van der Waals surface area contributed by atoms with Crippen molar-refractivity contribution in [2.24, 2.45) is 5.92 Å². The molecule has 0 radical (unpaired) electrons. The first-order valence-corrected chi connectivity index (χ1v) is 8.04. The summed E-state index contributed by atoms with van der Waals surface area (Å²) in [6.07, 6.45) is 0. The van der Waals surface area contributed by atoms with Gasteiger partial charge in [0, 0.05) is 18.7 Å². The summed E-state index contributed by atoms with van der Waals surface area (Å²) in [6, 6.07) is 3.53. The Bertz CT molecular complexity index is 773. The number of aliphatic carboxylic acids is 1. The lowest BCUT2D eigenvalue weighted by atomic mass is 10.1. The Hall–Kier alpha value is -2.19. The second-order valence-electron chi connectivity index (χ2n) is 5.55. The number of amides is 1. The van der Waals surface area contributed by atoms with Crippen LogP contribution in [0.4, 0.5) is 5.13 Å². The normalized spacial score (nSPS) is 18.8. The van der Waals surface area contributed by atoms with Gasteiger partial charge in [0.05, 0.1) is 29.3 Å². The molecule has 8 heteroatoms. The lowest BCUT2D eigenvalue weighted by Gasteiger charge is -2.22.